The van der Waals surface area contributed by atoms with Crippen molar-refractivity contribution in [3.05, 3.63) is 107 Å². The first-order valence-electron chi connectivity index (χ1n) is 10.2. The van der Waals surface area contributed by atoms with Crippen molar-refractivity contribution in [2.75, 3.05) is 0 Å². The number of nitrogens with zero attached hydrogens (tertiary/aromatic N) is 2. The van der Waals surface area contributed by atoms with Gasteiger partial charge < -0.3 is 9.72 Å². The number of nitrogens with one attached hydrogen (secondary N) is 1. The first-order valence-corrected chi connectivity index (χ1v) is 10.5. The Labute approximate surface area is 190 Å². The van der Waals surface area contributed by atoms with Gasteiger partial charge in [0.1, 0.15) is 24.3 Å². The lowest BCUT2D eigenvalue weighted by atomic mass is 10.0. The topological polar surface area (TPSA) is 61.7 Å². The number of halogens is 1. The molecule has 5 aromatic rings. The maximum absolute atomic E-state index is 9.93. The zero-order chi connectivity index (χ0) is 21.9. The summed E-state index contributed by atoms with van der Waals surface area (Å²) in [5, 5.41) is 12.7. The number of hydrogen-bond donors (Lipinski definition) is 1. The van der Waals surface area contributed by atoms with Gasteiger partial charge in [0.25, 0.3) is 0 Å². The van der Waals surface area contributed by atoms with Crippen LogP contribution in [0.15, 0.2) is 84.9 Å². The van der Waals surface area contributed by atoms with Crippen LogP contribution in [0.1, 0.15) is 17.0 Å². The monoisotopic (exact) mass is 435 g/mol. The summed E-state index contributed by atoms with van der Waals surface area (Å²) in [6, 6.07) is 29.6. The van der Waals surface area contributed by atoms with E-state index in [4.69, 9.17) is 16.3 Å². The maximum atomic E-state index is 9.93. The summed E-state index contributed by atoms with van der Waals surface area (Å²) < 4.78 is 6.18. The Morgan fingerprint density at radius 1 is 0.969 bits per heavy atom. The lowest BCUT2D eigenvalue weighted by Crippen LogP contribution is -1.98. The highest BCUT2D eigenvalue weighted by Gasteiger charge is 2.12. The third-order valence-electron chi connectivity index (χ3n) is 5.29. The van der Waals surface area contributed by atoms with Crippen molar-refractivity contribution in [1.82, 2.24) is 9.97 Å². The van der Waals surface area contributed by atoms with Crippen molar-refractivity contribution in [3.8, 4) is 11.8 Å². The number of para-hydroxylation sites is 2. The van der Waals surface area contributed by atoms with Crippen molar-refractivity contribution in [3.63, 3.8) is 0 Å². The molecule has 0 bridgehead atoms. The van der Waals surface area contributed by atoms with Gasteiger partial charge in [0.05, 0.1) is 16.6 Å². The molecule has 4 aromatic carbocycles. The zero-order valence-electron chi connectivity index (χ0n) is 17.0. The lowest BCUT2D eigenvalue weighted by Gasteiger charge is -2.13. The second-order valence-electron chi connectivity index (χ2n) is 7.39. The molecule has 0 atom stereocenters. The van der Waals surface area contributed by atoms with E-state index in [1.165, 1.54) is 0 Å². The fraction of sp³-hybridized carbons (Fsp3) is 0.0370. The molecular weight excluding hydrogens is 418 g/mol. The van der Waals surface area contributed by atoms with Crippen molar-refractivity contribution in [2.24, 2.45) is 0 Å². The number of benzene rings is 4. The molecule has 0 aliphatic rings. The number of aromatic amines is 1. The van der Waals surface area contributed by atoms with Gasteiger partial charge in [-0.05, 0) is 52.7 Å². The van der Waals surface area contributed by atoms with Gasteiger partial charge in [0.15, 0.2) is 0 Å². The molecule has 32 heavy (non-hydrogen) atoms. The van der Waals surface area contributed by atoms with E-state index in [0.717, 1.165) is 32.9 Å². The van der Waals surface area contributed by atoms with Gasteiger partial charge in [-0.15, -0.1) is 0 Å². The summed E-state index contributed by atoms with van der Waals surface area (Å²) >= 11 is 5.99. The van der Waals surface area contributed by atoms with Crippen LogP contribution in [0.3, 0.4) is 0 Å². The molecule has 154 valence electrons. The van der Waals surface area contributed by atoms with E-state index in [2.05, 4.69) is 16.0 Å². The van der Waals surface area contributed by atoms with Crippen molar-refractivity contribution in [1.29, 1.82) is 5.26 Å². The minimum Gasteiger partial charge on any atom is -0.488 e. The standard InChI is InChI=1S/C27H18ClN3O/c28-21-12-9-18(10-13-21)17-32-26-14-11-19-5-1-2-6-22(19)23(26)15-20(16-29)27-30-24-7-3-4-8-25(24)31-27/h1-15H,17H2,(H,30,31)/b20-15+. The van der Waals surface area contributed by atoms with Gasteiger partial charge in [0, 0.05) is 10.6 Å². The number of ether oxygens (including phenoxy) is 1. The van der Waals surface area contributed by atoms with Crippen molar-refractivity contribution in [2.45, 2.75) is 6.61 Å². The van der Waals surface area contributed by atoms with Gasteiger partial charge in [-0.25, -0.2) is 4.98 Å². The molecule has 5 heteroatoms. The van der Waals surface area contributed by atoms with E-state index < -0.39 is 0 Å². The number of aromatic nitrogens is 2. The average molecular weight is 436 g/mol. The third-order valence-corrected chi connectivity index (χ3v) is 5.54. The van der Waals surface area contributed by atoms with E-state index in [0.29, 0.717) is 28.8 Å². The number of allylic oxidation sites excluding steroid dienone is 1. The molecule has 0 spiro atoms. The fourth-order valence-corrected chi connectivity index (χ4v) is 3.80. The predicted octanol–water partition coefficient (Wildman–Crippen LogP) is 7.01. The van der Waals surface area contributed by atoms with Gasteiger partial charge in [-0.3, -0.25) is 0 Å². The Morgan fingerprint density at radius 3 is 2.56 bits per heavy atom. The summed E-state index contributed by atoms with van der Waals surface area (Å²) in [6.07, 6.45) is 1.84. The van der Waals surface area contributed by atoms with E-state index in [1.54, 1.807) is 0 Å². The minimum atomic E-state index is 0.392. The van der Waals surface area contributed by atoms with E-state index >= 15 is 0 Å². The molecule has 1 N–H and O–H groups in total. The van der Waals surface area contributed by atoms with E-state index in [-0.39, 0.29) is 0 Å². The third kappa shape index (κ3) is 3.94. The van der Waals surface area contributed by atoms with Gasteiger partial charge in [-0.1, -0.05) is 66.2 Å². The Hall–Kier alpha value is -4.07. The van der Waals surface area contributed by atoms with Crippen LogP contribution >= 0.6 is 11.6 Å². The largest absolute Gasteiger partial charge is 0.488 e. The molecule has 0 aliphatic carbocycles. The van der Waals surface area contributed by atoms with E-state index in [1.807, 2.05) is 91.0 Å². The molecule has 0 radical (unpaired) electrons. The van der Waals surface area contributed by atoms with Crippen LogP contribution in [0, 0.1) is 11.3 Å². The van der Waals surface area contributed by atoms with Gasteiger partial charge in [-0.2, -0.15) is 5.26 Å². The van der Waals surface area contributed by atoms with Crippen molar-refractivity contribution >= 4 is 45.1 Å². The molecule has 0 saturated carbocycles. The van der Waals surface area contributed by atoms with Crippen LogP contribution < -0.4 is 4.74 Å². The van der Waals surface area contributed by atoms with Crippen LogP contribution in [-0.4, -0.2) is 9.97 Å². The average Bonchev–Trinajstić information content (AvgIpc) is 3.26. The van der Waals surface area contributed by atoms with Crippen LogP contribution in [0.4, 0.5) is 0 Å². The predicted molar refractivity (Wildman–Crippen MR) is 129 cm³/mol. The number of nitriles is 1. The highest BCUT2D eigenvalue weighted by molar-refractivity contribution is 6.30. The van der Waals surface area contributed by atoms with Gasteiger partial charge >= 0.3 is 0 Å². The number of hydrogen-bond acceptors (Lipinski definition) is 3. The second kappa shape index (κ2) is 8.58. The normalized spacial score (nSPS) is 11.6. The summed E-state index contributed by atoms with van der Waals surface area (Å²) in [6.45, 7) is 0.392. The Kier molecular flexibility index (Phi) is 5.33. The van der Waals surface area contributed by atoms with Gasteiger partial charge in [0.2, 0.25) is 0 Å². The smallest absolute Gasteiger partial charge is 0.149 e. The first-order chi connectivity index (χ1) is 15.7. The second-order valence-corrected chi connectivity index (χ2v) is 7.82. The van der Waals surface area contributed by atoms with Crippen molar-refractivity contribution < 1.29 is 4.74 Å². The molecule has 0 aliphatic heterocycles. The number of imidazole rings is 1. The highest BCUT2D eigenvalue weighted by Crippen LogP contribution is 2.32. The summed E-state index contributed by atoms with van der Waals surface area (Å²) in [5.74, 6) is 1.23. The molecular formula is C27H18ClN3O. The summed E-state index contributed by atoms with van der Waals surface area (Å²) in [4.78, 5) is 7.83. The number of fused-ring (bicyclic) bond motifs is 2. The highest BCUT2D eigenvalue weighted by atomic mass is 35.5. The Balaban J connectivity index is 1.59. The maximum Gasteiger partial charge on any atom is 0.149 e. The molecule has 4 nitrogen and oxygen atoms in total. The molecule has 0 amide bonds. The minimum absolute atomic E-state index is 0.392. The molecule has 0 fully saturated rings. The SMILES string of the molecule is N#C/C(=C\c1c(OCc2ccc(Cl)cc2)ccc2ccccc12)c1nc2ccccc2[nH]1. The Morgan fingerprint density at radius 2 is 1.75 bits per heavy atom. The summed E-state index contributed by atoms with van der Waals surface area (Å²) in [7, 11) is 0. The molecule has 0 unspecified atom stereocenters. The number of rotatable bonds is 5. The quantitative estimate of drug-likeness (QED) is 0.302. The van der Waals surface area contributed by atoms with E-state index in [9.17, 15) is 5.26 Å². The lowest BCUT2D eigenvalue weighted by molar-refractivity contribution is 0.306. The van der Waals surface area contributed by atoms with Crippen LogP contribution in [0.25, 0.3) is 33.5 Å². The summed E-state index contributed by atoms with van der Waals surface area (Å²) in [5.41, 5.74) is 4.00. The fourth-order valence-electron chi connectivity index (χ4n) is 3.67. The molecule has 1 heterocycles. The molecule has 1 aromatic heterocycles. The molecule has 0 saturated heterocycles. The molecule has 5 rings (SSSR count). The first kappa shape index (κ1) is 19.9. The zero-order valence-corrected chi connectivity index (χ0v) is 17.8. The van der Waals surface area contributed by atoms with Crippen LogP contribution in [-0.2, 0) is 6.61 Å². The number of H-pyrrole nitrogens is 1. The van der Waals surface area contributed by atoms with Crippen LogP contribution in [0.5, 0.6) is 5.75 Å². The van der Waals surface area contributed by atoms with Crippen LogP contribution in [0.2, 0.25) is 5.02 Å². The Bertz CT molecular complexity index is 1460.